The number of hydrogen-bond acceptors (Lipinski definition) is 3. The summed E-state index contributed by atoms with van der Waals surface area (Å²) >= 11 is 1.94. The van der Waals surface area contributed by atoms with E-state index in [4.69, 9.17) is 4.74 Å². The zero-order chi connectivity index (χ0) is 7.40. The van der Waals surface area contributed by atoms with Gasteiger partial charge in [0.2, 0.25) is 0 Å². The molecule has 0 aliphatic carbocycles. The third-order valence-electron chi connectivity index (χ3n) is 1.55. The summed E-state index contributed by atoms with van der Waals surface area (Å²) in [5.41, 5.74) is 0. The van der Waals surface area contributed by atoms with Crippen LogP contribution in [-0.2, 0) is 9.53 Å². The Labute approximate surface area is 65.3 Å². The number of carbonyl (C=O) groups is 1. The average molecular weight is 160 g/mol. The van der Waals surface area contributed by atoms with Crippen LogP contribution in [0.2, 0.25) is 0 Å². The van der Waals surface area contributed by atoms with Crippen LogP contribution in [0, 0.1) is 5.92 Å². The molecule has 0 N–H and O–H groups in total. The lowest BCUT2D eigenvalue weighted by molar-refractivity contribution is -0.142. The molecule has 0 aromatic carbocycles. The smallest absolute Gasteiger partial charge is 0.302 e. The van der Waals surface area contributed by atoms with Crippen LogP contribution in [0.1, 0.15) is 13.3 Å². The van der Waals surface area contributed by atoms with E-state index in [1.165, 1.54) is 19.1 Å². The number of carbonyl (C=O) groups excluding carboxylic acids is 1. The summed E-state index contributed by atoms with van der Waals surface area (Å²) in [6, 6.07) is 0. The fourth-order valence-corrected chi connectivity index (χ4v) is 2.21. The second-order valence-electron chi connectivity index (χ2n) is 2.53. The van der Waals surface area contributed by atoms with Crippen LogP contribution in [0.15, 0.2) is 0 Å². The van der Waals surface area contributed by atoms with Crippen molar-refractivity contribution in [3.8, 4) is 0 Å². The Hall–Kier alpha value is -0.180. The lowest BCUT2D eigenvalue weighted by Gasteiger charge is -2.06. The van der Waals surface area contributed by atoms with Crippen molar-refractivity contribution in [2.75, 3.05) is 18.1 Å². The predicted molar refractivity (Wildman–Crippen MR) is 42.1 cm³/mol. The number of rotatable bonds is 2. The zero-order valence-electron chi connectivity index (χ0n) is 6.13. The van der Waals surface area contributed by atoms with E-state index in [9.17, 15) is 4.79 Å². The minimum Gasteiger partial charge on any atom is -0.466 e. The molecule has 1 atom stereocenters. The molecule has 1 saturated heterocycles. The molecule has 0 aromatic rings. The van der Waals surface area contributed by atoms with E-state index in [0.29, 0.717) is 12.5 Å². The van der Waals surface area contributed by atoms with E-state index < -0.39 is 0 Å². The number of ether oxygens (including phenoxy) is 1. The topological polar surface area (TPSA) is 26.3 Å². The highest BCUT2D eigenvalue weighted by molar-refractivity contribution is 7.99. The highest BCUT2D eigenvalue weighted by Gasteiger charge is 2.15. The Morgan fingerprint density at radius 2 is 2.60 bits per heavy atom. The van der Waals surface area contributed by atoms with Gasteiger partial charge in [-0.1, -0.05) is 0 Å². The third kappa shape index (κ3) is 2.60. The van der Waals surface area contributed by atoms with Gasteiger partial charge in [0, 0.05) is 12.8 Å². The molecule has 1 heterocycles. The van der Waals surface area contributed by atoms with Crippen LogP contribution in [0.4, 0.5) is 0 Å². The summed E-state index contributed by atoms with van der Waals surface area (Å²) in [6.45, 7) is 2.09. The first-order valence-corrected chi connectivity index (χ1v) is 4.65. The summed E-state index contributed by atoms with van der Waals surface area (Å²) in [5.74, 6) is 2.85. The maximum Gasteiger partial charge on any atom is 0.302 e. The van der Waals surface area contributed by atoms with Gasteiger partial charge >= 0.3 is 5.97 Å². The van der Waals surface area contributed by atoms with Gasteiger partial charge in [0.15, 0.2) is 0 Å². The summed E-state index contributed by atoms with van der Waals surface area (Å²) in [5, 5.41) is 0. The van der Waals surface area contributed by atoms with E-state index >= 15 is 0 Å². The number of thioether (sulfide) groups is 1. The normalized spacial score (nSPS) is 24.7. The average Bonchev–Trinajstić information content (AvgIpc) is 2.34. The van der Waals surface area contributed by atoms with Crippen LogP contribution in [0.25, 0.3) is 0 Å². The van der Waals surface area contributed by atoms with Gasteiger partial charge in [0.05, 0.1) is 6.61 Å². The first-order valence-electron chi connectivity index (χ1n) is 3.50. The molecule has 1 unspecified atom stereocenters. The molecule has 0 bridgehead atoms. The van der Waals surface area contributed by atoms with Gasteiger partial charge in [-0.05, 0) is 17.9 Å². The fourth-order valence-electron chi connectivity index (χ4n) is 0.950. The van der Waals surface area contributed by atoms with Crippen molar-refractivity contribution in [3.63, 3.8) is 0 Å². The van der Waals surface area contributed by atoms with E-state index in [0.717, 1.165) is 5.75 Å². The molecule has 0 amide bonds. The van der Waals surface area contributed by atoms with Crippen molar-refractivity contribution < 1.29 is 9.53 Å². The zero-order valence-corrected chi connectivity index (χ0v) is 6.95. The van der Waals surface area contributed by atoms with E-state index in [2.05, 4.69) is 0 Å². The van der Waals surface area contributed by atoms with Crippen LogP contribution >= 0.6 is 11.8 Å². The maximum atomic E-state index is 10.4. The standard InChI is InChI=1S/C7H12O2S/c1-6(8)9-4-7-2-3-10-5-7/h7H,2-5H2,1H3. The highest BCUT2D eigenvalue weighted by atomic mass is 32.2. The van der Waals surface area contributed by atoms with E-state index in [1.807, 2.05) is 11.8 Å². The third-order valence-corrected chi connectivity index (χ3v) is 2.78. The minimum atomic E-state index is -0.156. The van der Waals surface area contributed by atoms with Crippen LogP contribution in [0.3, 0.4) is 0 Å². The summed E-state index contributed by atoms with van der Waals surface area (Å²) in [4.78, 5) is 10.4. The molecule has 58 valence electrons. The second-order valence-corrected chi connectivity index (χ2v) is 3.68. The van der Waals surface area contributed by atoms with Crippen molar-refractivity contribution in [3.05, 3.63) is 0 Å². The van der Waals surface area contributed by atoms with Crippen molar-refractivity contribution in [1.29, 1.82) is 0 Å². The number of hydrogen-bond donors (Lipinski definition) is 0. The van der Waals surface area contributed by atoms with Gasteiger partial charge < -0.3 is 4.74 Å². The molecule has 1 aliphatic rings. The quantitative estimate of drug-likeness (QED) is 0.570. The molecule has 1 aliphatic heterocycles. The molecule has 0 radical (unpaired) electrons. The van der Waals surface area contributed by atoms with Gasteiger partial charge in [0.25, 0.3) is 0 Å². The van der Waals surface area contributed by atoms with Gasteiger partial charge in [0.1, 0.15) is 0 Å². The molecule has 2 nitrogen and oxygen atoms in total. The first-order chi connectivity index (χ1) is 4.79. The minimum absolute atomic E-state index is 0.156. The lowest BCUT2D eigenvalue weighted by atomic mass is 10.1. The van der Waals surface area contributed by atoms with Crippen molar-refractivity contribution in [2.45, 2.75) is 13.3 Å². The molecule has 1 rings (SSSR count). The van der Waals surface area contributed by atoms with Crippen molar-refractivity contribution in [2.24, 2.45) is 5.92 Å². The Morgan fingerprint density at radius 3 is 3.10 bits per heavy atom. The summed E-state index contributed by atoms with van der Waals surface area (Å²) in [7, 11) is 0. The fraction of sp³-hybridized carbons (Fsp3) is 0.857. The van der Waals surface area contributed by atoms with E-state index in [-0.39, 0.29) is 5.97 Å². The molecule has 10 heavy (non-hydrogen) atoms. The molecule has 0 saturated carbocycles. The molecular formula is C7H12O2S. The summed E-state index contributed by atoms with van der Waals surface area (Å²) in [6.07, 6.45) is 1.21. The van der Waals surface area contributed by atoms with Crippen molar-refractivity contribution >= 4 is 17.7 Å². The Balaban J connectivity index is 2.07. The maximum absolute atomic E-state index is 10.4. The monoisotopic (exact) mass is 160 g/mol. The Morgan fingerprint density at radius 1 is 1.80 bits per heavy atom. The molecular weight excluding hydrogens is 148 g/mol. The highest BCUT2D eigenvalue weighted by Crippen LogP contribution is 2.23. The first kappa shape index (κ1) is 7.92. The van der Waals surface area contributed by atoms with Gasteiger partial charge in [-0.3, -0.25) is 4.79 Å². The SMILES string of the molecule is CC(=O)OCC1CCSC1. The molecule has 3 heteroatoms. The van der Waals surface area contributed by atoms with Gasteiger partial charge in [-0.15, -0.1) is 0 Å². The van der Waals surface area contributed by atoms with Crippen LogP contribution < -0.4 is 0 Å². The molecule has 0 spiro atoms. The van der Waals surface area contributed by atoms with Gasteiger partial charge in [-0.2, -0.15) is 11.8 Å². The van der Waals surface area contributed by atoms with Gasteiger partial charge in [-0.25, -0.2) is 0 Å². The van der Waals surface area contributed by atoms with Crippen LogP contribution in [0.5, 0.6) is 0 Å². The van der Waals surface area contributed by atoms with Crippen molar-refractivity contribution in [1.82, 2.24) is 0 Å². The molecule has 1 fully saturated rings. The van der Waals surface area contributed by atoms with Crippen LogP contribution in [-0.4, -0.2) is 24.1 Å². The Kier molecular flexibility index (Phi) is 3.06. The second kappa shape index (κ2) is 3.86. The number of esters is 1. The largest absolute Gasteiger partial charge is 0.466 e. The molecule has 0 aromatic heterocycles. The van der Waals surface area contributed by atoms with E-state index in [1.54, 1.807) is 0 Å². The summed E-state index contributed by atoms with van der Waals surface area (Å²) < 4.78 is 4.87. The Bertz CT molecular complexity index is 119. The predicted octanol–water partition coefficient (Wildman–Crippen LogP) is 1.30. The lowest BCUT2D eigenvalue weighted by Crippen LogP contribution is -2.10.